The van der Waals surface area contributed by atoms with E-state index in [0.717, 1.165) is 16.5 Å². The van der Waals surface area contributed by atoms with Gasteiger partial charge in [0.2, 0.25) is 0 Å². The summed E-state index contributed by atoms with van der Waals surface area (Å²) in [6.07, 6.45) is 0.514. The Balaban J connectivity index is 2.35. The SMILES string of the molecule is CCC(N)C(Oc1cc(Cl)cc(Cl)c1)c1ccccc1Br. The number of rotatable bonds is 5. The monoisotopic (exact) mass is 387 g/mol. The molecule has 2 atom stereocenters. The van der Waals surface area contributed by atoms with Gasteiger partial charge in [-0.25, -0.2) is 0 Å². The van der Waals surface area contributed by atoms with E-state index >= 15 is 0 Å². The predicted molar refractivity (Wildman–Crippen MR) is 92.2 cm³/mol. The summed E-state index contributed by atoms with van der Waals surface area (Å²) in [4.78, 5) is 0. The van der Waals surface area contributed by atoms with Crippen molar-refractivity contribution in [1.29, 1.82) is 0 Å². The van der Waals surface area contributed by atoms with Gasteiger partial charge in [-0.2, -0.15) is 0 Å². The van der Waals surface area contributed by atoms with Crippen LogP contribution in [0.15, 0.2) is 46.9 Å². The lowest BCUT2D eigenvalue weighted by Crippen LogP contribution is -2.31. The first-order valence-electron chi connectivity index (χ1n) is 6.64. The van der Waals surface area contributed by atoms with Gasteiger partial charge in [0.1, 0.15) is 11.9 Å². The minimum atomic E-state index is -0.278. The number of benzene rings is 2. The van der Waals surface area contributed by atoms with Gasteiger partial charge in [-0.3, -0.25) is 0 Å². The van der Waals surface area contributed by atoms with Crippen LogP contribution in [0.2, 0.25) is 10.0 Å². The van der Waals surface area contributed by atoms with Crippen LogP contribution in [0.4, 0.5) is 0 Å². The Bertz CT molecular complexity index is 601. The van der Waals surface area contributed by atoms with Crippen molar-refractivity contribution >= 4 is 39.1 Å². The van der Waals surface area contributed by atoms with E-state index in [1.165, 1.54) is 0 Å². The molecule has 0 amide bonds. The zero-order chi connectivity index (χ0) is 15.4. The first-order valence-corrected chi connectivity index (χ1v) is 8.19. The van der Waals surface area contributed by atoms with E-state index in [1.54, 1.807) is 18.2 Å². The predicted octanol–water partition coefficient (Wildman–Crippen LogP) is 5.61. The van der Waals surface area contributed by atoms with Gasteiger partial charge in [-0.15, -0.1) is 0 Å². The molecule has 2 aromatic carbocycles. The van der Waals surface area contributed by atoms with E-state index in [4.69, 9.17) is 33.7 Å². The van der Waals surface area contributed by atoms with Gasteiger partial charge in [0, 0.05) is 26.1 Å². The van der Waals surface area contributed by atoms with Gasteiger partial charge in [-0.1, -0.05) is 64.3 Å². The van der Waals surface area contributed by atoms with Crippen molar-refractivity contribution in [3.8, 4) is 5.75 Å². The van der Waals surface area contributed by atoms with Gasteiger partial charge in [-0.05, 0) is 30.7 Å². The molecule has 0 aliphatic rings. The van der Waals surface area contributed by atoms with Crippen molar-refractivity contribution in [3.63, 3.8) is 0 Å². The van der Waals surface area contributed by atoms with Crippen LogP contribution in [0.25, 0.3) is 0 Å². The van der Waals surface area contributed by atoms with Crippen LogP contribution in [0.5, 0.6) is 5.75 Å². The highest BCUT2D eigenvalue weighted by Gasteiger charge is 2.22. The Morgan fingerprint density at radius 1 is 1.14 bits per heavy atom. The molecule has 0 aromatic heterocycles. The van der Waals surface area contributed by atoms with Crippen molar-refractivity contribution in [1.82, 2.24) is 0 Å². The zero-order valence-corrected chi connectivity index (χ0v) is 14.6. The second-order valence-corrected chi connectivity index (χ2v) is 6.46. The first-order chi connectivity index (χ1) is 10.0. The van der Waals surface area contributed by atoms with Crippen LogP contribution in [-0.4, -0.2) is 6.04 Å². The fourth-order valence-electron chi connectivity index (χ4n) is 2.04. The maximum absolute atomic E-state index is 6.23. The lowest BCUT2D eigenvalue weighted by atomic mass is 10.0. The summed E-state index contributed by atoms with van der Waals surface area (Å²) in [5, 5.41) is 1.07. The number of hydrogen-bond acceptors (Lipinski definition) is 2. The molecule has 5 heteroatoms. The molecule has 2 unspecified atom stereocenters. The Hall–Kier alpha value is -0.740. The standard InChI is InChI=1S/C16H16BrCl2NO/c1-2-15(20)16(13-5-3-4-6-14(13)17)21-12-8-10(18)7-11(19)9-12/h3-9,15-16H,2,20H2,1H3. The lowest BCUT2D eigenvalue weighted by Gasteiger charge is -2.26. The maximum Gasteiger partial charge on any atom is 0.140 e. The van der Waals surface area contributed by atoms with E-state index in [1.807, 2.05) is 31.2 Å². The van der Waals surface area contributed by atoms with Gasteiger partial charge in [0.25, 0.3) is 0 Å². The highest BCUT2D eigenvalue weighted by Crippen LogP contribution is 2.33. The number of halogens is 3. The molecule has 112 valence electrons. The summed E-state index contributed by atoms with van der Waals surface area (Å²) in [5.74, 6) is 0.608. The van der Waals surface area contributed by atoms with E-state index in [-0.39, 0.29) is 12.1 Å². The van der Waals surface area contributed by atoms with Gasteiger partial charge in [0.15, 0.2) is 0 Å². The average Bonchev–Trinajstić information content (AvgIpc) is 2.44. The zero-order valence-electron chi connectivity index (χ0n) is 11.5. The van der Waals surface area contributed by atoms with Crippen molar-refractivity contribution in [3.05, 3.63) is 62.5 Å². The average molecular weight is 389 g/mol. The normalized spacial score (nSPS) is 13.8. The summed E-state index contributed by atoms with van der Waals surface area (Å²) in [6.45, 7) is 2.03. The van der Waals surface area contributed by atoms with Crippen LogP contribution < -0.4 is 10.5 Å². The molecule has 2 nitrogen and oxygen atoms in total. The summed E-state index contributed by atoms with van der Waals surface area (Å²) in [6, 6.07) is 12.9. The van der Waals surface area contributed by atoms with Crippen molar-refractivity contribution < 1.29 is 4.74 Å². The Morgan fingerprint density at radius 3 is 2.33 bits per heavy atom. The molecule has 2 rings (SSSR count). The number of nitrogens with two attached hydrogens (primary N) is 1. The summed E-state index contributed by atoms with van der Waals surface area (Å²) in [7, 11) is 0. The molecule has 0 aliphatic heterocycles. The minimum Gasteiger partial charge on any atom is -0.484 e. The third-order valence-electron chi connectivity index (χ3n) is 3.17. The Kier molecular flexibility index (Phi) is 5.94. The fourth-order valence-corrected chi connectivity index (χ4v) is 3.06. The molecule has 0 radical (unpaired) electrons. The third-order valence-corrected chi connectivity index (χ3v) is 4.33. The maximum atomic E-state index is 6.23. The molecule has 0 saturated heterocycles. The minimum absolute atomic E-state index is 0.138. The summed E-state index contributed by atoms with van der Waals surface area (Å²) < 4.78 is 7.04. The van der Waals surface area contributed by atoms with Crippen LogP contribution in [0.3, 0.4) is 0 Å². The van der Waals surface area contributed by atoms with Crippen LogP contribution in [0.1, 0.15) is 25.0 Å². The Morgan fingerprint density at radius 2 is 1.76 bits per heavy atom. The highest BCUT2D eigenvalue weighted by molar-refractivity contribution is 9.10. The topological polar surface area (TPSA) is 35.2 Å². The molecular formula is C16H16BrCl2NO. The van der Waals surface area contributed by atoms with Gasteiger partial charge in [0.05, 0.1) is 0 Å². The molecule has 0 aliphatic carbocycles. The molecule has 21 heavy (non-hydrogen) atoms. The summed E-state index contributed by atoms with van der Waals surface area (Å²) >= 11 is 15.6. The largest absolute Gasteiger partial charge is 0.484 e. The van der Waals surface area contributed by atoms with E-state index in [2.05, 4.69) is 15.9 Å². The third kappa shape index (κ3) is 4.36. The van der Waals surface area contributed by atoms with Gasteiger partial charge >= 0.3 is 0 Å². The molecule has 0 bridgehead atoms. The summed E-state index contributed by atoms with van der Waals surface area (Å²) in [5.41, 5.74) is 7.23. The molecule has 0 fully saturated rings. The molecule has 2 aromatic rings. The van der Waals surface area contributed by atoms with Crippen LogP contribution in [0, 0.1) is 0 Å². The van der Waals surface area contributed by atoms with E-state index < -0.39 is 0 Å². The number of ether oxygens (including phenoxy) is 1. The lowest BCUT2D eigenvalue weighted by molar-refractivity contribution is 0.170. The first kappa shape index (κ1) is 16.6. The second kappa shape index (κ2) is 7.50. The molecule has 0 heterocycles. The fraction of sp³-hybridized carbons (Fsp3) is 0.250. The smallest absolute Gasteiger partial charge is 0.140 e. The molecule has 0 saturated carbocycles. The van der Waals surface area contributed by atoms with Crippen molar-refractivity contribution in [2.24, 2.45) is 5.73 Å². The van der Waals surface area contributed by atoms with E-state index in [0.29, 0.717) is 15.8 Å². The Labute approximate surface area is 143 Å². The number of hydrogen-bond donors (Lipinski definition) is 1. The molecule has 2 N–H and O–H groups in total. The van der Waals surface area contributed by atoms with Crippen molar-refractivity contribution in [2.75, 3.05) is 0 Å². The van der Waals surface area contributed by atoms with Gasteiger partial charge < -0.3 is 10.5 Å². The second-order valence-electron chi connectivity index (χ2n) is 4.74. The highest BCUT2D eigenvalue weighted by atomic mass is 79.9. The van der Waals surface area contributed by atoms with Crippen LogP contribution in [-0.2, 0) is 0 Å². The molecule has 0 spiro atoms. The van der Waals surface area contributed by atoms with Crippen LogP contribution >= 0.6 is 39.1 Å². The quantitative estimate of drug-likeness (QED) is 0.721. The van der Waals surface area contributed by atoms with Crippen molar-refractivity contribution in [2.45, 2.75) is 25.5 Å². The molecular weight excluding hydrogens is 373 g/mol. The van der Waals surface area contributed by atoms with E-state index in [9.17, 15) is 0 Å².